The van der Waals surface area contributed by atoms with Gasteiger partial charge in [0.25, 0.3) is 0 Å². The highest BCUT2D eigenvalue weighted by Crippen LogP contribution is 2.25. The second kappa shape index (κ2) is 6.65. The Morgan fingerprint density at radius 3 is 2.62 bits per heavy atom. The van der Waals surface area contributed by atoms with Crippen LogP contribution in [0.4, 0.5) is 8.78 Å². The molecule has 2 atom stereocenters. The molecule has 0 spiro atoms. The molecule has 1 aliphatic rings. The standard InChI is InChI=1S/C15H17F2NO3/c16-12-5-1-9(7-13(12)17)2-6-14(19)18-11-4-3-10(8-11)15(20)21/h1,5,7,10-11H,2-4,6,8H2,(H,18,19)(H,20,21)/t10-,11+/m1/s1. The minimum atomic E-state index is -0.923. The van der Waals surface area contributed by atoms with Gasteiger partial charge in [0.05, 0.1) is 5.92 Å². The van der Waals surface area contributed by atoms with Crippen molar-refractivity contribution in [3.05, 3.63) is 35.4 Å². The lowest BCUT2D eigenvalue weighted by Crippen LogP contribution is -2.33. The van der Waals surface area contributed by atoms with Gasteiger partial charge in [-0.05, 0) is 43.4 Å². The Hall–Kier alpha value is -1.98. The number of rotatable bonds is 5. The average Bonchev–Trinajstić information content (AvgIpc) is 2.89. The van der Waals surface area contributed by atoms with E-state index in [0.717, 1.165) is 12.1 Å². The number of carbonyl (C=O) groups is 2. The first-order valence-corrected chi connectivity index (χ1v) is 6.92. The highest BCUT2D eigenvalue weighted by Gasteiger charge is 2.30. The van der Waals surface area contributed by atoms with E-state index in [0.29, 0.717) is 31.2 Å². The van der Waals surface area contributed by atoms with Crippen LogP contribution in [-0.2, 0) is 16.0 Å². The number of halogens is 2. The average molecular weight is 297 g/mol. The van der Waals surface area contributed by atoms with Crippen molar-refractivity contribution >= 4 is 11.9 Å². The second-order valence-electron chi connectivity index (χ2n) is 5.36. The Balaban J connectivity index is 1.77. The minimum absolute atomic E-state index is 0.108. The van der Waals surface area contributed by atoms with Crippen molar-refractivity contribution in [1.29, 1.82) is 0 Å². The minimum Gasteiger partial charge on any atom is -0.481 e. The largest absolute Gasteiger partial charge is 0.481 e. The Morgan fingerprint density at radius 1 is 1.24 bits per heavy atom. The van der Waals surface area contributed by atoms with Crippen molar-refractivity contribution in [3.8, 4) is 0 Å². The van der Waals surface area contributed by atoms with E-state index >= 15 is 0 Å². The lowest BCUT2D eigenvalue weighted by Gasteiger charge is -2.12. The van der Waals surface area contributed by atoms with E-state index in [2.05, 4.69) is 5.32 Å². The highest BCUT2D eigenvalue weighted by atomic mass is 19.2. The summed E-state index contributed by atoms with van der Waals surface area (Å²) in [6.45, 7) is 0. The fourth-order valence-electron chi connectivity index (χ4n) is 2.59. The Bertz CT molecular complexity index is 548. The molecule has 0 unspecified atom stereocenters. The molecule has 0 heterocycles. The lowest BCUT2D eigenvalue weighted by atomic mass is 10.1. The van der Waals surface area contributed by atoms with Gasteiger partial charge in [-0.1, -0.05) is 6.07 Å². The smallest absolute Gasteiger partial charge is 0.306 e. The number of aryl methyl sites for hydroxylation is 1. The van der Waals surface area contributed by atoms with Gasteiger partial charge >= 0.3 is 5.97 Å². The summed E-state index contributed by atoms with van der Waals surface area (Å²) in [5.41, 5.74) is 0.555. The molecule has 1 saturated carbocycles. The molecule has 0 aromatic heterocycles. The van der Waals surface area contributed by atoms with Gasteiger partial charge in [0.2, 0.25) is 5.91 Å². The predicted octanol–water partition coefficient (Wildman–Crippen LogP) is 2.27. The van der Waals surface area contributed by atoms with Crippen molar-refractivity contribution in [2.75, 3.05) is 0 Å². The van der Waals surface area contributed by atoms with Gasteiger partial charge in [0.1, 0.15) is 0 Å². The molecule has 0 bridgehead atoms. The molecule has 6 heteroatoms. The number of nitrogens with one attached hydrogen (secondary N) is 1. The van der Waals surface area contributed by atoms with E-state index in [-0.39, 0.29) is 24.3 Å². The predicted molar refractivity (Wildman–Crippen MR) is 71.6 cm³/mol. The number of hydrogen-bond donors (Lipinski definition) is 2. The number of amides is 1. The van der Waals surface area contributed by atoms with Crippen LogP contribution in [0.3, 0.4) is 0 Å². The molecule has 114 valence electrons. The Morgan fingerprint density at radius 2 is 2.00 bits per heavy atom. The molecule has 1 aromatic rings. The molecule has 2 rings (SSSR count). The van der Waals surface area contributed by atoms with Crippen LogP contribution in [0.2, 0.25) is 0 Å². The van der Waals surface area contributed by atoms with Crippen molar-refractivity contribution in [1.82, 2.24) is 5.32 Å². The van der Waals surface area contributed by atoms with Gasteiger partial charge in [-0.3, -0.25) is 9.59 Å². The molecule has 4 nitrogen and oxygen atoms in total. The SMILES string of the molecule is O=C(CCc1ccc(F)c(F)c1)N[C@H]1CC[C@@H](C(=O)O)C1. The van der Waals surface area contributed by atoms with E-state index in [1.54, 1.807) is 0 Å². The molecular weight excluding hydrogens is 280 g/mol. The molecule has 2 N–H and O–H groups in total. The normalized spacial score (nSPS) is 21.2. The number of hydrogen-bond acceptors (Lipinski definition) is 2. The summed E-state index contributed by atoms with van der Waals surface area (Å²) in [4.78, 5) is 22.6. The van der Waals surface area contributed by atoms with Crippen LogP contribution in [0.25, 0.3) is 0 Å². The van der Waals surface area contributed by atoms with Crippen LogP contribution in [0, 0.1) is 17.6 Å². The summed E-state index contributed by atoms with van der Waals surface area (Å²) in [5, 5.41) is 11.7. The van der Waals surface area contributed by atoms with Gasteiger partial charge in [-0.2, -0.15) is 0 Å². The van der Waals surface area contributed by atoms with Crippen molar-refractivity contribution in [2.45, 2.75) is 38.1 Å². The third-order valence-electron chi connectivity index (χ3n) is 3.77. The van der Waals surface area contributed by atoms with Crippen LogP contribution in [0.1, 0.15) is 31.2 Å². The molecule has 21 heavy (non-hydrogen) atoms. The molecular formula is C15H17F2NO3. The Kier molecular flexibility index (Phi) is 4.88. The second-order valence-corrected chi connectivity index (χ2v) is 5.36. The van der Waals surface area contributed by atoms with E-state index in [1.807, 2.05) is 0 Å². The van der Waals surface area contributed by atoms with E-state index in [1.165, 1.54) is 6.07 Å². The summed E-state index contributed by atoms with van der Waals surface area (Å²) in [6.07, 6.45) is 2.17. The van der Waals surface area contributed by atoms with Gasteiger partial charge in [0.15, 0.2) is 11.6 Å². The molecule has 1 fully saturated rings. The molecule has 1 amide bonds. The lowest BCUT2D eigenvalue weighted by molar-refractivity contribution is -0.141. The van der Waals surface area contributed by atoms with Crippen molar-refractivity contribution in [2.24, 2.45) is 5.92 Å². The Labute approximate surface area is 121 Å². The van der Waals surface area contributed by atoms with Crippen LogP contribution in [0.15, 0.2) is 18.2 Å². The fraction of sp³-hybridized carbons (Fsp3) is 0.467. The number of carboxylic acid groups (broad SMARTS) is 1. The zero-order valence-corrected chi connectivity index (χ0v) is 11.4. The van der Waals surface area contributed by atoms with Crippen LogP contribution < -0.4 is 5.32 Å². The van der Waals surface area contributed by atoms with Crippen LogP contribution in [-0.4, -0.2) is 23.0 Å². The first-order chi connectivity index (χ1) is 9.95. The van der Waals surface area contributed by atoms with E-state index in [4.69, 9.17) is 5.11 Å². The topological polar surface area (TPSA) is 66.4 Å². The zero-order valence-electron chi connectivity index (χ0n) is 11.4. The number of aliphatic carboxylic acids is 1. The number of benzene rings is 1. The quantitative estimate of drug-likeness (QED) is 0.876. The molecule has 1 aliphatic carbocycles. The zero-order chi connectivity index (χ0) is 15.4. The third kappa shape index (κ3) is 4.24. The third-order valence-corrected chi connectivity index (χ3v) is 3.77. The van der Waals surface area contributed by atoms with Gasteiger partial charge in [-0.25, -0.2) is 8.78 Å². The maximum atomic E-state index is 13.0. The molecule has 0 radical (unpaired) electrons. The maximum absolute atomic E-state index is 13.0. The highest BCUT2D eigenvalue weighted by molar-refractivity contribution is 5.77. The molecule has 0 aliphatic heterocycles. The van der Waals surface area contributed by atoms with Crippen LogP contribution in [0.5, 0.6) is 0 Å². The summed E-state index contributed by atoms with van der Waals surface area (Å²) >= 11 is 0. The molecule has 1 aromatic carbocycles. The summed E-state index contributed by atoms with van der Waals surface area (Å²) < 4.78 is 25.8. The van der Waals surface area contributed by atoms with Gasteiger partial charge < -0.3 is 10.4 Å². The summed E-state index contributed by atoms with van der Waals surface area (Å²) in [5.74, 6) is -3.24. The summed E-state index contributed by atoms with van der Waals surface area (Å²) in [7, 11) is 0. The van der Waals surface area contributed by atoms with Crippen molar-refractivity contribution < 1.29 is 23.5 Å². The fourth-order valence-corrected chi connectivity index (χ4v) is 2.59. The van der Waals surface area contributed by atoms with E-state index in [9.17, 15) is 18.4 Å². The first kappa shape index (κ1) is 15.4. The number of carbonyl (C=O) groups excluding carboxylic acids is 1. The number of carboxylic acids is 1. The summed E-state index contributed by atoms with van der Waals surface area (Å²) in [6, 6.07) is 3.46. The van der Waals surface area contributed by atoms with E-state index < -0.39 is 17.6 Å². The van der Waals surface area contributed by atoms with Crippen LogP contribution >= 0.6 is 0 Å². The van der Waals surface area contributed by atoms with Gasteiger partial charge in [-0.15, -0.1) is 0 Å². The maximum Gasteiger partial charge on any atom is 0.306 e. The van der Waals surface area contributed by atoms with Crippen molar-refractivity contribution in [3.63, 3.8) is 0 Å². The first-order valence-electron chi connectivity index (χ1n) is 6.92. The monoisotopic (exact) mass is 297 g/mol. The molecule has 0 saturated heterocycles. The van der Waals surface area contributed by atoms with Gasteiger partial charge in [0, 0.05) is 12.5 Å².